The van der Waals surface area contributed by atoms with Gasteiger partial charge in [-0.05, 0) is 0 Å². The summed E-state index contributed by atoms with van der Waals surface area (Å²) in [5.41, 5.74) is -3.78. The van der Waals surface area contributed by atoms with E-state index in [4.69, 9.17) is 4.74 Å². The minimum atomic E-state index is -1.89. The van der Waals surface area contributed by atoms with Gasteiger partial charge in [0.25, 0.3) is 0 Å². The van der Waals surface area contributed by atoms with Crippen LogP contribution in [0.2, 0.25) is 0 Å². The molecule has 2 rings (SSSR count). The van der Waals surface area contributed by atoms with Gasteiger partial charge in [-0.1, -0.05) is 36.5 Å². The third kappa shape index (κ3) is 2.32. The molecule has 100 valence electrons. The number of ether oxygens (including phenoxy) is 1. The van der Waals surface area contributed by atoms with Crippen molar-refractivity contribution in [2.75, 3.05) is 0 Å². The Morgan fingerprint density at radius 2 is 1.26 bits per heavy atom. The van der Waals surface area contributed by atoms with E-state index in [0.29, 0.717) is 0 Å². The lowest BCUT2D eigenvalue weighted by molar-refractivity contribution is -0.691. The zero-order chi connectivity index (χ0) is 13.9. The summed E-state index contributed by atoms with van der Waals surface area (Å²) in [4.78, 5) is 21.2. The van der Waals surface area contributed by atoms with E-state index in [-0.39, 0.29) is 12.8 Å². The zero-order valence-electron chi connectivity index (χ0n) is 9.97. The molecule has 0 aromatic carbocycles. The minimum Gasteiger partial charge on any atom is -0.261 e. The highest BCUT2D eigenvalue weighted by Gasteiger charge is 2.54. The molecule has 2 aliphatic rings. The smallest absolute Gasteiger partial charge is 0.261 e. The molecule has 7 nitrogen and oxygen atoms in total. The molecule has 0 radical (unpaired) electrons. The maximum absolute atomic E-state index is 11.2. The molecule has 0 spiro atoms. The van der Waals surface area contributed by atoms with Gasteiger partial charge < -0.3 is 0 Å². The van der Waals surface area contributed by atoms with Crippen molar-refractivity contribution in [3.05, 3.63) is 68.8 Å². The summed E-state index contributed by atoms with van der Waals surface area (Å²) in [6.45, 7) is 0. The number of hydrogen-bond acceptors (Lipinski definition) is 5. The molecule has 0 saturated carbocycles. The largest absolute Gasteiger partial charge is 0.353 e. The van der Waals surface area contributed by atoms with Crippen molar-refractivity contribution in [2.24, 2.45) is 0 Å². The van der Waals surface area contributed by atoms with Crippen molar-refractivity contribution >= 4 is 0 Å². The first-order valence-electron chi connectivity index (χ1n) is 5.69. The first-order valence-corrected chi connectivity index (χ1v) is 5.69. The Bertz CT molecular complexity index is 476. The summed E-state index contributed by atoms with van der Waals surface area (Å²) < 4.78 is 5.36. The van der Waals surface area contributed by atoms with Crippen molar-refractivity contribution in [3.63, 3.8) is 0 Å². The predicted molar refractivity (Wildman–Crippen MR) is 66.3 cm³/mol. The van der Waals surface area contributed by atoms with Crippen LogP contribution in [0, 0.1) is 20.2 Å². The van der Waals surface area contributed by atoms with Crippen molar-refractivity contribution < 1.29 is 14.6 Å². The van der Waals surface area contributed by atoms with Crippen LogP contribution in [-0.4, -0.2) is 21.3 Å². The standard InChI is InChI=1S/C12H12N2O5/c15-13(16)11(7-3-1-4-8-11)19-12(14(17)18)9-5-2-6-10-12/h1-7,9H,8,10H2. The van der Waals surface area contributed by atoms with Crippen LogP contribution < -0.4 is 0 Å². The second kappa shape index (κ2) is 4.77. The summed E-state index contributed by atoms with van der Waals surface area (Å²) in [7, 11) is 0. The molecular formula is C12H12N2O5. The van der Waals surface area contributed by atoms with Gasteiger partial charge in [-0.15, -0.1) is 0 Å². The highest BCUT2D eigenvalue weighted by molar-refractivity contribution is 5.19. The SMILES string of the molecule is O=[N+]([O-])C1(OC2([N+](=O)[O-])C=CC=CC2)C=CC=CC1. The normalized spacial score (nSPS) is 32.4. The van der Waals surface area contributed by atoms with Crippen LogP contribution in [-0.2, 0) is 4.74 Å². The van der Waals surface area contributed by atoms with Crippen molar-refractivity contribution in [1.82, 2.24) is 0 Å². The molecule has 0 bridgehead atoms. The van der Waals surface area contributed by atoms with E-state index in [1.807, 2.05) is 0 Å². The van der Waals surface area contributed by atoms with Gasteiger partial charge in [-0.3, -0.25) is 20.2 Å². The Kier molecular flexibility index (Phi) is 3.30. The second-order valence-electron chi connectivity index (χ2n) is 4.29. The van der Waals surface area contributed by atoms with Crippen LogP contribution in [0.3, 0.4) is 0 Å². The summed E-state index contributed by atoms with van der Waals surface area (Å²) in [5, 5.41) is 22.5. The van der Waals surface area contributed by atoms with Crippen LogP contribution in [0.5, 0.6) is 0 Å². The Balaban J connectivity index is 2.35. The van der Waals surface area contributed by atoms with Gasteiger partial charge in [-0.2, -0.15) is 0 Å². The fourth-order valence-electron chi connectivity index (χ4n) is 1.98. The van der Waals surface area contributed by atoms with Crippen molar-refractivity contribution in [3.8, 4) is 0 Å². The van der Waals surface area contributed by atoms with Gasteiger partial charge in [0.2, 0.25) is 0 Å². The number of hydrogen-bond donors (Lipinski definition) is 0. The molecule has 19 heavy (non-hydrogen) atoms. The van der Waals surface area contributed by atoms with Gasteiger partial charge in [0.05, 0.1) is 22.7 Å². The first-order chi connectivity index (χ1) is 9.01. The summed E-state index contributed by atoms with van der Waals surface area (Å²) in [5.74, 6) is 0. The third-order valence-electron chi connectivity index (χ3n) is 3.00. The Morgan fingerprint density at radius 3 is 1.53 bits per heavy atom. The molecule has 0 fully saturated rings. The average Bonchev–Trinajstić information content (AvgIpc) is 2.40. The molecule has 0 saturated heterocycles. The highest BCUT2D eigenvalue weighted by atomic mass is 16.7. The lowest BCUT2D eigenvalue weighted by Crippen LogP contribution is -2.51. The molecule has 0 amide bonds. The molecular weight excluding hydrogens is 252 g/mol. The molecule has 0 aliphatic heterocycles. The molecule has 0 aromatic heterocycles. The van der Waals surface area contributed by atoms with E-state index < -0.39 is 21.3 Å². The Hall–Kier alpha value is -2.28. The summed E-state index contributed by atoms with van der Waals surface area (Å²) in [6, 6.07) is 0. The Labute approximate surface area is 108 Å². The van der Waals surface area contributed by atoms with E-state index in [1.54, 1.807) is 24.3 Å². The minimum absolute atomic E-state index is 0.0381. The monoisotopic (exact) mass is 264 g/mol. The van der Waals surface area contributed by atoms with E-state index in [0.717, 1.165) is 0 Å². The number of allylic oxidation sites excluding steroid dienone is 4. The molecule has 0 aromatic rings. The number of nitrogens with zero attached hydrogens (tertiary/aromatic N) is 2. The number of rotatable bonds is 4. The van der Waals surface area contributed by atoms with E-state index >= 15 is 0 Å². The zero-order valence-corrected chi connectivity index (χ0v) is 9.97. The van der Waals surface area contributed by atoms with E-state index in [2.05, 4.69) is 0 Å². The molecule has 2 atom stereocenters. The van der Waals surface area contributed by atoms with Crippen LogP contribution in [0.1, 0.15) is 12.8 Å². The van der Waals surface area contributed by atoms with E-state index in [9.17, 15) is 20.2 Å². The fourth-order valence-corrected chi connectivity index (χ4v) is 1.98. The predicted octanol–water partition coefficient (Wildman–Crippen LogP) is 1.98. The quantitative estimate of drug-likeness (QED) is 0.439. The van der Waals surface area contributed by atoms with Gasteiger partial charge in [0, 0.05) is 12.2 Å². The lowest BCUT2D eigenvalue weighted by Gasteiger charge is -2.30. The average molecular weight is 264 g/mol. The summed E-state index contributed by atoms with van der Waals surface area (Å²) in [6.07, 6.45) is 11.7. The first kappa shape index (κ1) is 13.2. The van der Waals surface area contributed by atoms with Crippen LogP contribution >= 0.6 is 0 Å². The summed E-state index contributed by atoms with van der Waals surface area (Å²) >= 11 is 0. The topological polar surface area (TPSA) is 95.5 Å². The lowest BCUT2D eigenvalue weighted by atomic mass is 10.0. The Morgan fingerprint density at radius 1 is 0.842 bits per heavy atom. The molecule has 0 heterocycles. The van der Waals surface area contributed by atoms with Crippen LogP contribution in [0.4, 0.5) is 0 Å². The van der Waals surface area contributed by atoms with Gasteiger partial charge in [-0.25, -0.2) is 4.74 Å². The van der Waals surface area contributed by atoms with Crippen LogP contribution in [0.25, 0.3) is 0 Å². The molecule has 2 aliphatic carbocycles. The van der Waals surface area contributed by atoms with Crippen molar-refractivity contribution in [2.45, 2.75) is 24.3 Å². The molecule has 7 heteroatoms. The third-order valence-corrected chi connectivity index (χ3v) is 3.00. The van der Waals surface area contributed by atoms with Gasteiger partial charge >= 0.3 is 11.4 Å². The fraction of sp³-hybridized carbons (Fsp3) is 0.333. The van der Waals surface area contributed by atoms with Crippen LogP contribution in [0.15, 0.2) is 48.6 Å². The maximum Gasteiger partial charge on any atom is 0.353 e. The van der Waals surface area contributed by atoms with Gasteiger partial charge in [0.15, 0.2) is 0 Å². The van der Waals surface area contributed by atoms with Gasteiger partial charge in [0.1, 0.15) is 0 Å². The number of nitro groups is 2. The van der Waals surface area contributed by atoms with Crippen molar-refractivity contribution in [1.29, 1.82) is 0 Å². The maximum atomic E-state index is 11.2. The molecule has 2 unspecified atom stereocenters. The molecule has 0 N–H and O–H groups in total. The van der Waals surface area contributed by atoms with E-state index in [1.165, 1.54) is 24.3 Å². The highest BCUT2D eigenvalue weighted by Crippen LogP contribution is 2.33. The second-order valence-corrected chi connectivity index (χ2v) is 4.29.